The van der Waals surface area contributed by atoms with E-state index in [0.717, 1.165) is 5.56 Å². The number of benzene rings is 2. The van der Waals surface area contributed by atoms with Crippen molar-refractivity contribution in [3.63, 3.8) is 0 Å². The lowest BCUT2D eigenvalue weighted by Gasteiger charge is -2.11. The van der Waals surface area contributed by atoms with Crippen LogP contribution >= 0.6 is 23.2 Å². The predicted octanol–water partition coefficient (Wildman–Crippen LogP) is 3.65. The van der Waals surface area contributed by atoms with Crippen LogP contribution in [0.2, 0.25) is 10.0 Å². The van der Waals surface area contributed by atoms with Gasteiger partial charge in [-0.1, -0.05) is 35.3 Å². The first kappa shape index (κ1) is 16.6. The molecule has 0 saturated heterocycles. The van der Waals surface area contributed by atoms with Crippen molar-refractivity contribution in [2.75, 3.05) is 6.61 Å². The van der Waals surface area contributed by atoms with E-state index in [1.165, 1.54) is 16.7 Å². The lowest BCUT2D eigenvalue weighted by Crippen LogP contribution is -2.27. The van der Waals surface area contributed by atoms with Gasteiger partial charge in [0.15, 0.2) is 0 Å². The van der Waals surface area contributed by atoms with E-state index in [4.69, 9.17) is 32.4 Å². The molecule has 0 aliphatic heterocycles. The van der Waals surface area contributed by atoms with Crippen molar-refractivity contribution < 1.29 is 9.15 Å². The standard InChI is InChI=1S/C17H13Cl2NO4/c1-10-3-2-4-12(7-10)23-6-5-20-15-13(16(21)24-17(20)22)8-11(18)9-14(15)19/h2-4,7-9H,5-6H2,1H3. The minimum atomic E-state index is -0.787. The molecule has 124 valence electrons. The van der Waals surface area contributed by atoms with Gasteiger partial charge in [-0.3, -0.25) is 4.57 Å². The Hall–Kier alpha value is -2.24. The molecule has 5 nitrogen and oxygen atoms in total. The molecule has 0 bridgehead atoms. The van der Waals surface area contributed by atoms with Crippen molar-refractivity contribution in [1.29, 1.82) is 0 Å². The van der Waals surface area contributed by atoms with Gasteiger partial charge in [0.1, 0.15) is 12.4 Å². The van der Waals surface area contributed by atoms with Crippen LogP contribution < -0.4 is 16.1 Å². The van der Waals surface area contributed by atoms with Gasteiger partial charge >= 0.3 is 11.4 Å². The van der Waals surface area contributed by atoms with Crippen LogP contribution in [0.15, 0.2) is 50.4 Å². The summed E-state index contributed by atoms with van der Waals surface area (Å²) in [5.41, 5.74) is 0.587. The summed E-state index contributed by atoms with van der Waals surface area (Å²) < 4.78 is 11.6. The van der Waals surface area contributed by atoms with E-state index >= 15 is 0 Å². The third-order valence-corrected chi connectivity index (χ3v) is 4.00. The van der Waals surface area contributed by atoms with Crippen molar-refractivity contribution >= 4 is 34.1 Å². The number of aromatic nitrogens is 1. The lowest BCUT2D eigenvalue weighted by atomic mass is 10.2. The number of halogens is 2. The Balaban J connectivity index is 1.95. The molecule has 24 heavy (non-hydrogen) atoms. The summed E-state index contributed by atoms with van der Waals surface area (Å²) >= 11 is 12.1. The number of fused-ring (bicyclic) bond motifs is 1. The Kier molecular flexibility index (Phi) is 4.64. The number of aryl methyl sites for hydroxylation is 1. The second kappa shape index (κ2) is 6.71. The highest BCUT2D eigenvalue weighted by Gasteiger charge is 2.14. The predicted molar refractivity (Wildman–Crippen MR) is 93.4 cm³/mol. The van der Waals surface area contributed by atoms with E-state index in [1.807, 2.05) is 31.2 Å². The zero-order valence-corrected chi connectivity index (χ0v) is 14.2. The molecule has 0 fully saturated rings. The third-order valence-electron chi connectivity index (χ3n) is 3.49. The lowest BCUT2D eigenvalue weighted by molar-refractivity contribution is 0.287. The van der Waals surface area contributed by atoms with Gasteiger partial charge in [0.2, 0.25) is 0 Å². The highest BCUT2D eigenvalue weighted by molar-refractivity contribution is 6.38. The molecule has 2 aromatic carbocycles. The molecule has 3 rings (SSSR count). The average molecular weight is 366 g/mol. The number of nitrogens with zero attached hydrogens (tertiary/aromatic N) is 1. The van der Waals surface area contributed by atoms with Crippen molar-refractivity contribution in [2.24, 2.45) is 0 Å². The Bertz CT molecular complexity index is 1020. The molecule has 0 saturated carbocycles. The summed E-state index contributed by atoms with van der Waals surface area (Å²) in [6, 6.07) is 10.4. The molecular formula is C17H13Cl2NO4. The van der Waals surface area contributed by atoms with E-state index in [-0.39, 0.29) is 29.1 Å². The number of hydrogen-bond acceptors (Lipinski definition) is 4. The fraction of sp³-hybridized carbons (Fsp3) is 0.176. The van der Waals surface area contributed by atoms with Crippen LogP contribution in [0, 0.1) is 6.92 Å². The molecule has 1 aromatic heterocycles. The summed E-state index contributed by atoms with van der Waals surface area (Å²) in [6.45, 7) is 2.35. The first-order chi connectivity index (χ1) is 11.5. The second-order valence-corrected chi connectivity index (χ2v) is 6.10. The van der Waals surface area contributed by atoms with E-state index in [0.29, 0.717) is 10.8 Å². The molecule has 1 heterocycles. The fourth-order valence-electron chi connectivity index (χ4n) is 2.44. The highest BCUT2D eigenvalue weighted by Crippen LogP contribution is 2.25. The average Bonchev–Trinajstić information content (AvgIpc) is 2.51. The number of ether oxygens (including phenoxy) is 1. The summed E-state index contributed by atoms with van der Waals surface area (Å²) in [5.74, 6) is -0.0940. The summed E-state index contributed by atoms with van der Waals surface area (Å²) in [6.07, 6.45) is 0. The SMILES string of the molecule is Cc1cccc(OCCn2c(=O)oc(=O)c3cc(Cl)cc(Cl)c32)c1. The fourth-order valence-corrected chi connectivity index (χ4v) is 3.04. The van der Waals surface area contributed by atoms with Gasteiger partial charge in [-0.15, -0.1) is 0 Å². The Morgan fingerprint density at radius 3 is 2.71 bits per heavy atom. The van der Waals surface area contributed by atoms with Crippen LogP contribution in [0.1, 0.15) is 5.56 Å². The maximum absolute atomic E-state index is 12.0. The number of hydrogen-bond donors (Lipinski definition) is 0. The van der Waals surface area contributed by atoms with Crippen LogP contribution in [-0.4, -0.2) is 11.2 Å². The van der Waals surface area contributed by atoms with Gasteiger partial charge in [-0.25, -0.2) is 9.59 Å². The van der Waals surface area contributed by atoms with Crippen LogP contribution in [-0.2, 0) is 6.54 Å². The van der Waals surface area contributed by atoms with Crippen LogP contribution in [0.5, 0.6) is 5.75 Å². The maximum Gasteiger partial charge on any atom is 0.422 e. The quantitative estimate of drug-likeness (QED) is 0.707. The van der Waals surface area contributed by atoms with Gasteiger partial charge in [0.05, 0.1) is 22.5 Å². The second-order valence-electron chi connectivity index (χ2n) is 5.26. The summed E-state index contributed by atoms with van der Waals surface area (Å²) in [5, 5.41) is 0.654. The minimum Gasteiger partial charge on any atom is -0.492 e. The van der Waals surface area contributed by atoms with Gasteiger partial charge in [0.25, 0.3) is 0 Å². The topological polar surface area (TPSA) is 61.4 Å². The van der Waals surface area contributed by atoms with Crippen LogP contribution in [0.25, 0.3) is 10.9 Å². The van der Waals surface area contributed by atoms with Gasteiger partial charge in [-0.05, 0) is 36.8 Å². The van der Waals surface area contributed by atoms with Crippen LogP contribution in [0.3, 0.4) is 0 Å². The minimum absolute atomic E-state index is 0.155. The zero-order chi connectivity index (χ0) is 17.3. The zero-order valence-electron chi connectivity index (χ0n) is 12.7. The van der Waals surface area contributed by atoms with E-state index < -0.39 is 11.4 Å². The molecule has 3 aromatic rings. The monoisotopic (exact) mass is 365 g/mol. The number of rotatable bonds is 4. The molecule has 0 atom stereocenters. The molecular weight excluding hydrogens is 353 g/mol. The van der Waals surface area contributed by atoms with Gasteiger partial charge in [0, 0.05) is 5.02 Å². The van der Waals surface area contributed by atoms with Gasteiger partial charge < -0.3 is 9.15 Å². The van der Waals surface area contributed by atoms with Crippen molar-refractivity contribution in [3.05, 3.63) is 73.0 Å². The maximum atomic E-state index is 12.0. The Labute approximate surface area is 147 Å². The molecule has 0 amide bonds. The summed E-state index contributed by atoms with van der Waals surface area (Å²) in [7, 11) is 0. The largest absolute Gasteiger partial charge is 0.492 e. The molecule has 0 unspecified atom stereocenters. The molecule has 0 aliphatic rings. The molecule has 0 radical (unpaired) electrons. The van der Waals surface area contributed by atoms with Crippen molar-refractivity contribution in [2.45, 2.75) is 13.5 Å². The van der Waals surface area contributed by atoms with Gasteiger partial charge in [-0.2, -0.15) is 0 Å². The van der Waals surface area contributed by atoms with Crippen LogP contribution in [0.4, 0.5) is 0 Å². The van der Waals surface area contributed by atoms with E-state index in [1.54, 1.807) is 0 Å². The van der Waals surface area contributed by atoms with E-state index in [9.17, 15) is 9.59 Å². The Morgan fingerprint density at radius 2 is 1.96 bits per heavy atom. The molecule has 0 spiro atoms. The Morgan fingerprint density at radius 1 is 1.17 bits per heavy atom. The first-order valence-corrected chi connectivity index (χ1v) is 7.93. The molecule has 0 aliphatic carbocycles. The molecule has 7 heteroatoms. The van der Waals surface area contributed by atoms with Crippen molar-refractivity contribution in [3.8, 4) is 5.75 Å². The third kappa shape index (κ3) is 3.32. The van der Waals surface area contributed by atoms with Crippen molar-refractivity contribution in [1.82, 2.24) is 4.57 Å². The first-order valence-electron chi connectivity index (χ1n) is 7.18. The molecule has 0 N–H and O–H groups in total. The highest BCUT2D eigenvalue weighted by atomic mass is 35.5. The normalized spacial score (nSPS) is 11.0. The smallest absolute Gasteiger partial charge is 0.422 e. The summed E-state index contributed by atoms with van der Waals surface area (Å²) in [4.78, 5) is 23.9. The van der Waals surface area contributed by atoms with E-state index in [2.05, 4.69) is 0 Å².